The summed E-state index contributed by atoms with van der Waals surface area (Å²) in [5.74, 6) is -1.32. The fourth-order valence-corrected chi connectivity index (χ4v) is 6.65. The summed E-state index contributed by atoms with van der Waals surface area (Å²) >= 11 is 0. The van der Waals surface area contributed by atoms with Gasteiger partial charge in [0.1, 0.15) is 5.82 Å². The highest BCUT2D eigenvalue weighted by Crippen LogP contribution is 2.46. The number of hydrogen-bond donors (Lipinski definition) is 0. The number of rotatable bonds is 7. The first-order valence-electron chi connectivity index (χ1n) is 14.8. The summed E-state index contributed by atoms with van der Waals surface area (Å²) in [6, 6.07) is 16.4. The van der Waals surface area contributed by atoms with Gasteiger partial charge < -0.3 is 9.64 Å². The van der Waals surface area contributed by atoms with Crippen molar-refractivity contribution in [3.05, 3.63) is 124 Å². The fraction of sp³-hybridized carbons (Fsp3) is 0.353. The van der Waals surface area contributed by atoms with Gasteiger partial charge in [0.2, 0.25) is 5.91 Å². The van der Waals surface area contributed by atoms with Gasteiger partial charge in [-0.05, 0) is 71.8 Å². The van der Waals surface area contributed by atoms with Crippen molar-refractivity contribution in [2.45, 2.75) is 68.7 Å². The van der Waals surface area contributed by atoms with E-state index in [1.54, 1.807) is 27.9 Å². The van der Waals surface area contributed by atoms with E-state index in [-0.39, 0.29) is 36.4 Å². The Labute approximate surface area is 260 Å². The topological polar surface area (TPSA) is 47.4 Å². The first-order chi connectivity index (χ1) is 21.8. The number of piperidine rings is 1. The minimum absolute atomic E-state index is 0.0775. The van der Waals surface area contributed by atoms with E-state index < -0.39 is 53.5 Å². The molecular weight excluding hydrogens is 615 g/mol. The average Bonchev–Trinajstić information content (AvgIpc) is 3.62. The lowest BCUT2D eigenvalue weighted by atomic mass is 9.80. The number of benzene rings is 3. The second-order valence-corrected chi connectivity index (χ2v) is 11.9. The van der Waals surface area contributed by atoms with Crippen molar-refractivity contribution >= 4 is 5.91 Å². The molecule has 242 valence electrons. The van der Waals surface area contributed by atoms with E-state index >= 15 is 0 Å². The molecule has 0 aliphatic carbocycles. The van der Waals surface area contributed by atoms with Crippen LogP contribution in [0.25, 0.3) is 0 Å². The second-order valence-electron chi connectivity index (χ2n) is 11.9. The molecule has 3 aromatic carbocycles. The monoisotopic (exact) mass is 645 g/mol. The Bertz CT molecular complexity index is 1650. The van der Waals surface area contributed by atoms with Crippen molar-refractivity contribution in [3.63, 3.8) is 0 Å². The second kappa shape index (κ2) is 12.2. The molecule has 5 atom stereocenters. The third kappa shape index (κ3) is 6.67. The number of halogens is 7. The molecule has 2 aliphatic rings. The minimum Gasteiger partial charge on any atom is -0.368 e. The lowest BCUT2D eigenvalue weighted by Gasteiger charge is -2.36. The molecule has 1 amide bonds. The summed E-state index contributed by atoms with van der Waals surface area (Å²) < 4.78 is 103. The highest BCUT2D eigenvalue weighted by molar-refractivity contribution is 5.79. The zero-order valence-corrected chi connectivity index (χ0v) is 24.6. The Morgan fingerprint density at radius 2 is 1.57 bits per heavy atom. The fourth-order valence-electron chi connectivity index (χ4n) is 6.65. The predicted molar refractivity (Wildman–Crippen MR) is 154 cm³/mol. The number of alkyl halides is 6. The van der Waals surface area contributed by atoms with E-state index in [0.717, 1.165) is 11.1 Å². The third-order valence-electron chi connectivity index (χ3n) is 8.88. The van der Waals surface area contributed by atoms with Gasteiger partial charge in [-0.25, -0.2) is 4.39 Å². The number of amides is 1. The molecule has 0 N–H and O–H groups in total. The van der Waals surface area contributed by atoms with Gasteiger partial charge in [0.15, 0.2) is 0 Å². The number of carbonyl (C=O) groups is 1. The lowest BCUT2D eigenvalue weighted by molar-refractivity contribution is -0.143. The first-order valence-corrected chi connectivity index (χ1v) is 14.8. The van der Waals surface area contributed by atoms with Crippen LogP contribution in [-0.4, -0.2) is 39.3 Å². The Kier molecular flexibility index (Phi) is 8.43. The van der Waals surface area contributed by atoms with Crippen LogP contribution < -0.4 is 0 Å². The SMILES string of the molecule is C[C@@H](OC1CN2C(=O)CC(c3cnn(Cc4ccccc4)c3)CC2[C@@H]1c1ccc(F)cc1)c1cc(C(F)(F)F)cc(C(F)(F)F)c1. The normalized spacial score (nSPS) is 22.6. The summed E-state index contributed by atoms with van der Waals surface area (Å²) in [7, 11) is 0. The molecule has 0 saturated carbocycles. The van der Waals surface area contributed by atoms with Crippen LogP contribution in [-0.2, 0) is 28.4 Å². The Balaban J connectivity index is 1.28. The molecule has 0 bridgehead atoms. The maximum atomic E-state index is 13.9. The highest BCUT2D eigenvalue weighted by Gasteiger charge is 2.50. The molecule has 2 aliphatic heterocycles. The molecule has 3 heterocycles. The van der Waals surface area contributed by atoms with Crippen LogP contribution in [0.15, 0.2) is 85.2 Å². The van der Waals surface area contributed by atoms with Crippen molar-refractivity contribution in [2.75, 3.05) is 6.54 Å². The van der Waals surface area contributed by atoms with Crippen LogP contribution in [0.4, 0.5) is 30.7 Å². The summed E-state index contributed by atoms with van der Waals surface area (Å²) in [4.78, 5) is 15.2. The van der Waals surface area contributed by atoms with Gasteiger partial charge in [0.05, 0.1) is 36.1 Å². The van der Waals surface area contributed by atoms with Crippen molar-refractivity contribution in [2.24, 2.45) is 0 Å². The Morgan fingerprint density at radius 3 is 2.20 bits per heavy atom. The van der Waals surface area contributed by atoms with Gasteiger partial charge in [-0.2, -0.15) is 31.4 Å². The molecule has 0 spiro atoms. The molecule has 2 fully saturated rings. The van der Waals surface area contributed by atoms with Gasteiger partial charge in [-0.1, -0.05) is 42.5 Å². The Hall–Kier alpha value is -4.19. The smallest absolute Gasteiger partial charge is 0.368 e. The van der Waals surface area contributed by atoms with E-state index in [1.165, 1.54) is 19.1 Å². The average molecular weight is 646 g/mol. The van der Waals surface area contributed by atoms with Gasteiger partial charge >= 0.3 is 12.4 Å². The van der Waals surface area contributed by atoms with E-state index in [4.69, 9.17) is 4.74 Å². The molecule has 1 aromatic heterocycles. The largest absolute Gasteiger partial charge is 0.416 e. The molecule has 6 rings (SSSR count). The van der Waals surface area contributed by atoms with Crippen molar-refractivity contribution in [3.8, 4) is 0 Å². The van der Waals surface area contributed by atoms with E-state index in [1.807, 2.05) is 36.5 Å². The summed E-state index contributed by atoms with van der Waals surface area (Å²) in [5.41, 5.74) is -0.565. The summed E-state index contributed by atoms with van der Waals surface area (Å²) in [5, 5.41) is 4.49. The summed E-state index contributed by atoms with van der Waals surface area (Å²) in [6.07, 6.45) is -7.61. The van der Waals surface area contributed by atoms with Crippen LogP contribution in [0, 0.1) is 5.82 Å². The minimum atomic E-state index is -5.00. The van der Waals surface area contributed by atoms with Crippen LogP contribution in [0.3, 0.4) is 0 Å². The molecule has 12 heteroatoms. The van der Waals surface area contributed by atoms with Gasteiger partial charge in [0.25, 0.3) is 0 Å². The van der Waals surface area contributed by atoms with Crippen LogP contribution >= 0.6 is 0 Å². The molecule has 4 aromatic rings. The van der Waals surface area contributed by atoms with E-state index in [2.05, 4.69) is 5.10 Å². The molecule has 3 unspecified atom stereocenters. The van der Waals surface area contributed by atoms with E-state index in [0.29, 0.717) is 30.7 Å². The number of hydrogen-bond acceptors (Lipinski definition) is 3. The molecule has 0 radical (unpaired) electrons. The van der Waals surface area contributed by atoms with Gasteiger partial charge in [-0.3, -0.25) is 9.48 Å². The number of nitrogens with zero attached hydrogens (tertiary/aromatic N) is 3. The molecule has 46 heavy (non-hydrogen) atoms. The standard InChI is InChI=1S/C34H30F7N3O2/c1-20(23-11-26(33(36,37)38)15-27(12-23)34(39,40)41)46-30-19-44-29(32(30)22-7-9-28(35)10-8-22)13-24(14-31(44)45)25-16-42-43(18-25)17-21-5-3-2-4-6-21/h2-12,15-16,18,20,24,29-30,32H,13-14,17,19H2,1H3/t20-,24?,29?,30?,32+/m1/s1. The Morgan fingerprint density at radius 1 is 0.913 bits per heavy atom. The van der Waals surface area contributed by atoms with Gasteiger partial charge in [0, 0.05) is 31.1 Å². The zero-order chi connectivity index (χ0) is 32.8. The highest BCUT2D eigenvalue weighted by atomic mass is 19.4. The molecule has 2 saturated heterocycles. The van der Waals surface area contributed by atoms with Crippen molar-refractivity contribution < 1.29 is 40.3 Å². The van der Waals surface area contributed by atoms with Crippen molar-refractivity contribution in [1.29, 1.82) is 0 Å². The third-order valence-corrected chi connectivity index (χ3v) is 8.88. The van der Waals surface area contributed by atoms with Gasteiger partial charge in [-0.15, -0.1) is 0 Å². The predicted octanol–water partition coefficient (Wildman–Crippen LogP) is 8.13. The van der Waals surface area contributed by atoms with Crippen molar-refractivity contribution in [1.82, 2.24) is 14.7 Å². The number of fused-ring (bicyclic) bond motifs is 1. The van der Waals surface area contributed by atoms with Crippen LogP contribution in [0.1, 0.15) is 71.1 Å². The molecular formula is C34H30F7N3O2. The van der Waals surface area contributed by atoms with Crippen LogP contribution in [0.2, 0.25) is 0 Å². The molecule has 5 nitrogen and oxygen atoms in total. The first kappa shape index (κ1) is 31.8. The summed E-state index contributed by atoms with van der Waals surface area (Å²) in [6.45, 7) is 2.02. The number of aromatic nitrogens is 2. The van der Waals surface area contributed by atoms with Crippen LogP contribution in [0.5, 0.6) is 0 Å². The zero-order valence-electron chi connectivity index (χ0n) is 24.6. The maximum Gasteiger partial charge on any atom is 0.416 e. The lowest BCUT2D eigenvalue weighted by Crippen LogP contribution is -2.43. The number of ether oxygens (including phenoxy) is 1. The maximum absolute atomic E-state index is 13.9. The van der Waals surface area contributed by atoms with E-state index in [9.17, 15) is 35.5 Å². The number of carbonyl (C=O) groups excluding carboxylic acids is 1. The quantitative estimate of drug-likeness (QED) is 0.191.